The van der Waals surface area contributed by atoms with Crippen molar-refractivity contribution in [2.24, 2.45) is 0 Å². The van der Waals surface area contributed by atoms with E-state index in [0.29, 0.717) is 28.5 Å². The molecule has 0 aliphatic carbocycles. The summed E-state index contributed by atoms with van der Waals surface area (Å²) in [5.74, 6) is -7.89. The van der Waals surface area contributed by atoms with Crippen molar-refractivity contribution in [3.63, 3.8) is 0 Å². The van der Waals surface area contributed by atoms with Crippen LogP contribution in [0.5, 0.6) is 11.8 Å². The molecule has 2 amide bonds. The maximum Gasteiger partial charge on any atom is 0.471 e. The molecule has 0 atom stereocenters. The summed E-state index contributed by atoms with van der Waals surface area (Å²) in [6.45, 7) is 43.2. The zero-order chi connectivity index (χ0) is 88.0. The Hall–Kier alpha value is -13.2. The number of anilines is 2. The molecule has 0 aliphatic rings. The van der Waals surface area contributed by atoms with E-state index < -0.39 is 54.4 Å². The summed E-state index contributed by atoms with van der Waals surface area (Å²) in [5.41, 5.74) is 11.7. The minimum atomic E-state index is -5.13. The molecule has 4 heterocycles. The number of amides is 2. The normalized spacial score (nSPS) is 11.3. The van der Waals surface area contributed by atoms with Gasteiger partial charge in [0.25, 0.3) is 0 Å². The van der Waals surface area contributed by atoms with Crippen LogP contribution in [0.3, 0.4) is 0 Å². The Balaban J connectivity index is 0.000000359. The van der Waals surface area contributed by atoms with Crippen molar-refractivity contribution in [2.45, 2.75) is 204 Å². The van der Waals surface area contributed by atoms with Crippen molar-refractivity contribution >= 4 is 53.0 Å². The van der Waals surface area contributed by atoms with Crippen LogP contribution in [0.4, 0.5) is 24.5 Å². The molecule has 0 bridgehead atoms. The number of carboxylic acids is 5. The lowest BCUT2D eigenvalue weighted by atomic mass is 9.87. The smallest absolute Gasteiger partial charge is 0.471 e. The first kappa shape index (κ1) is 100. The van der Waals surface area contributed by atoms with Crippen LogP contribution in [0.2, 0.25) is 0 Å². The number of halogens is 3. The molecule has 638 valence electrons. The minimum Gasteiger partial charge on any atom is -0.480 e. The highest BCUT2D eigenvalue weighted by atomic mass is 19.4. The molecule has 4 aromatic heterocycles. The van der Waals surface area contributed by atoms with E-state index in [0.717, 1.165) is 27.9 Å². The van der Waals surface area contributed by atoms with Gasteiger partial charge in [-0.05, 0) is 160 Å². The van der Waals surface area contributed by atoms with Crippen molar-refractivity contribution in [3.8, 4) is 34.5 Å². The number of hydrogen-bond acceptors (Lipinski definition) is 18. The molecule has 7 aromatic carbocycles. The van der Waals surface area contributed by atoms with E-state index >= 15 is 0 Å². The van der Waals surface area contributed by atoms with Crippen LogP contribution in [-0.4, -0.2) is 151 Å². The standard InChI is InChI=1S/C14H16F3NO3.2C13H15N3O2.C12H15NO3.C11H14N4O.C11H14N4.C11H14O2.2CH4/c1-13(2,3)9-4-6-10(7-5-9)18(8-11(19)20)12(21)14(15,16)17;1-13(2,3)9-4-6-10(7-5-9)16-8-11(12(17)18)14-15-16;1-13(2,3)9-4-6-10(7-5-9)16-11(12(17)18)8-14-15-16;1-12(2,3)8-4-6-9(7-5-8)13-10(14)11(15)16;1-11(2,3)8-4-6-9(7-5-8)16-10-12-14-15-13-10;1-11(2,3)9-6-4-8(5-7-9)10-12-14-15-13-10;1-11(2,3)9-6-4-8(5-7-9)10(12)13;;/h4-7H,8H2,1-3H3,(H,19,20);2*4-8H,1-3H3,(H,17,18);4-7H,1-3H3,(H,13,14)(H,15,16);4-7H,1-3H3,(H,12,13,14,15);4-7H,1-3H3,(H,12,13,14,15);4-7H,1-3H3,(H,12,13);2*1H4. The first-order valence-electron chi connectivity index (χ1n) is 36.6. The third kappa shape index (κ3) is 32.1. The number of alkyl halides is 3. The summed E-state index contributed by atoms with van der Waals surface area (Å²) < 4.78 is 45.7. The highest BCUT2D eigenvalue weighted by molar-refractivity contribution is 6.36. The van der Waals surface area contributed by atoms with Crippen LogP contribution in [0.15, 0.2) is 182 Å². The number of nitrogens with one attached hydrogen (secondary N) is 3. The molecule has 11 aromatic rings. The molecule has 119 heavy (non-hydrogen) atoms. The lowest BCUT2D eigenvalue weighted by molar-refractivity contribution is -0.170. The highest BCUT2D eigenvalue weighted by Gasteiger charge is 2.44. The van der Waals surface area contributed by atoms with Gasteiger partial charge in [-0.25, -0.2) is 28.5 Å². The monoisotopic (exact) mass is 1640 g/mol. The second kappa shape index (κ2) is 42.1. The van der Waals surface area contributed by atoms with E-state index in [9.17, 15) is 46.7 Å². The fraction of sp³-hybridized carbons (Fsp3) is 0.368. The predicted molar refractivity (Wildman–Crippen MR) is 450 cm³/mol. The Bertz CT molecular complexity index is 5030. The third-order valence-corrected chi connectivity index (χ3v) is 17.1. The largest absolute Gasteiger partial charge is 0.480 e. The fourth-order valence-corrected chi connectivity index (χ4v) is 10.1. The number of aromatic nitrogens is 14. The molecule has 0 aliphatic heterocycles. The molecule has 0 spiro atoms. The first-order valence-corrected chi connectivity index (χ1v) is 36.6. The van der Waals surface area contributed by atoms with Gasteiger partial charge in [-0.3, -0.25) is 19.3 Å². The van der Waals surface area contributed by atoms with Crippen LogP contribution in [-0.2, 0) is 57.1 Å². The molecular formula is C87H111F3N16O13. The molecule has 0 unspecified atom stereocenters. The number of carboxylic acid groups (broad SMARTS) is 5. The number of rotatable bonds is 12. The minimum absolute atomic E-state index is 0. The fourth-order valence-electron chi connectivity index (χ4n) is 10.1. The Labute approximate surface area is 691 Å². The number of carbonyl (C=O) groups excluding carboxylic acids is 2. The maximum atomic E-state index is 12.5. The van der Waals surface area contributed by atoms with Crippen molar-refractivity contribution in [3.05, 3.63) is 238 Å². The van der Waals surface area contributed by atoms with E-state index in [1.54, 1.807) is 36.4 Å². The average molecular weight is 1650 g/mol. The Morgan fingerprint density at radius 3 is 1.18 bits per heavy atom. The summed E-state index contributed by atoms with van der Waals surface area (Å²) in [6.07, 6.45) is -2.49. The third-order valence-electron chi connectivity index (χ3n) is 17.1. The number of hydrogen-bond donors (Lipinski definition) is 8. The van der Waals surface area contributed by atoms with E-state index in [2.05, 4.69) is 204 Å². The van der Waals surface area contributed by atoms with Gasteiger partial charge in [0.15, 0.2) is 11.4 Å². The molecule has 0 saturated carbocycles. The lowest BCUT2D eigenvalue weighted by Crippen LogP contribution is -2.44. The predicted octanol–water partition coefficient (Wildman–Crippen LogP) is 17.9. The van der Waals surface area contributed by atoms with Crippen molar-refractivity contribution in [1.82, 2.24) is 71.2 Å². The topological polar surface area (TPSA) is 415 Å². The number of tetrazole rings is 2. The van der Waals surface area contributed by atoms with Gasteiger partial charge in [0.1, 0.15) is 12.3 Å². The molecule has 0 fully saturated rings. The quantitative estimate of drug-likeness (QED) is 0.0527. The molecular weight excluding hydrogens is 1530 g/mol. The SMILES string of the molecule is C.C.CC(C)(C)c1ccc(-c2nn[nH]n2)cc1.CC(C)(C)c1ccc(-n2cc(C(=O)O)nn2)cc1.CC(C)(C)c1ccc(-n2nncc2C(=O)O)cc1.CC(C)(C)c1ccc(C(=O)O)cc1.CC(C)(C)c1ccc(N(CC(=O)O)C(=O)C(F)(F)F)cc1.CC(C)(C)c1ccc(NC(=O)C(=O)O)cc1.CC(C)(C)c1ccc(Oc2nn[nH]n2)cc1. The van der Waals surface area contributed by atoms with Crippen molar-refractivity contribution in [1.29, 1.82) is 0 Å². The zero-order valence-corrected chi connectivity index (χ0v) is 69.5. The number of H-pyrrole nitrogens is 2. The summed E-state index contributed by atoms with van der Waals surface area (Å²) in [4.78, 5) is 75.7. The number of ether oxygens (including phenoxy) is 1. The van der Waals surface area contributed by atoms with Gasteiger partial charge < -0.3 is 35.6 Å². The number of carbonyl (C=O) groups is 7. The number of benzene rings is 7. The van der Waals surface area contributed by atoms with Crippen molar-refractivity contribution in [2.75, 3.05) is 16.8 Å². The number of aromatic carboxylic acids is 3. The van der Waals surface area contributed by atoms with Crippen LogP contribution in [0.1, 0.15) is 231 Å². The Kier molecular flexibility index (Phi) is 35.4. The van der Waals surface area contributed by atoms with Crippen LogP contribution < -0.4 is 15.0 Å². The van der Waals surface area contributed by atoms with E-state index in [1.165, 1.54) is 56.1 Å². The van der Waals surface area contributed by atoms with Crippen LogP contribution in [0, 0.1) is 0 Å². The second-order valence-electron chi connectivity index (χ2n) is 33.7. The average Bonchev–Trinajstić information content (AvgIpc) is 1.67. The van der Waals surface area contributed by atoms with Gasteiger partial charge in [-0.1, -0.05) is 278 Å². The molecule has 8 N–H and O–H groups in total. The van der Waals surface area contributed by atoms with E-state index in [-0.39, 0.29) is 80.7 Å². The molecule has 0 radical (unpaired) electrons. The van der Waals surface area contributed by atoms with Gasteiger partial charge in [-0.2, -0.15) is 23.6 Å². The summed E-state index contributed by atoms with van der Waals surface area (Å²) in [5, 5.41) is 87.6. The van der Waals surface area contributed by atoms with Crippen LogP contribution >= 0.6 is 0 Å². The molecule has 0 saturated heterocycles. The first-order chi connectivity index (χ1) is 54.0. The molecule has 11 rings (SSSR count). The highest BCUT2D eigenvalue weighted by Crippen LogP contribution is 2.32. The zero-order valence-electron chi connectivity index (χ0n) is 69.5. The second-order valence-corrected chi connectivity index (χ2v) is 33.7. The van der Waals surface area contributed by atoms with E-state index in [4.69, 9.17) is 30.3 Å². The number of aromatic amines is 2. The summed E-state index contributed by atoms with van der Waals surface area (Å²) >= 11 is 0. The van der Waals surface area contributed by atoms with Gasteiger partial charge >= 0.3 is 53.8 Å². The lowest BCUT2D eigenvalue weighted by Gasteiger charge is -2.24. The Morgan fingerprint density at radius 1 is 0.445 bits per heavy atom. The van der Waals surface area contributed by atoms with E-state index in [1.807, 2.05) is 130 Å². The van der Waals surface area contributed by atoms with Gasteiger partial charge in [0.05, 0.1) is 29.3 Å². The van der Waals surface area contributed by atoms with Gasteiger partial charge in [0, 0.05) is 16.9 Å². The molecule has 32 heteroatoms. The maximum absolute atomic E-state index is 12.5. The van der Waals surface area contributed by atoms with Gasteiger partial charge in [-0.15, -0.1) is 20.4 Å². The van der Waals surface area contributed by atoms with Crippen molar-refractivity contribution < 1.29 is 77.0 Å². The number of aliphatic carboxylic acids is 2. The van der Waals surface area contributed by atoms with Gasteiger partial charge in [0.2, 0.25) is 5.82 Å². The summed E-state index contributed by atoms with van der Waals surface area (Å²) in [7, 11) is 0. The van der Waals surface area contributed by atoms with Crippen LogP contribution in [0.25, 0.3) is 22.8 Å². The Morgan fingerprint density at radius 2 is 0.832 bits per heavy atom. The number of nitrogens with zero attached hydrogens (tertiary/aromatic N) is 13. The molecule has 29 nitrogen and oxygen atoms in total. The summed E-state index contributed by atoms with van der Waals surface area (Å²) in [6, 6.07) is 51.8.